The van der Waals surface area contributed by atoms with Crippen molar-refractivity contribution < 1.29 is 0 Å². The Morgan fingerprint density at radius 2 is 1.10 bits per heavy atom. The van der Waals surface area contributed by atoms with Crippen LogP contribution in [0.15, 0.2) is 17.9 Å². The summed E-state index contributed by atoms with van der Waals surface area (Å²) in [6.07, 6.45) is 2.31. The first-order chi connectivity index (χ1) is 4.63. The number of halogens is 4. The summed E-state index contributed by atoms with van der Waals surface area (Å²) in [6, 6.07) is 0. The van der Waals surface area contributed by atoms with E-state index < -0.39 is 0 Å². The molecule has 0 aliphatic heterocycles. The van der Waals surface area contributed by atoms with Gasteiger partial charge in [0.05, 0.1) is 6.78 Å². The molecule has 1 saturated carbocycles. The van der Waals surface area contributed by atoms with E-state index in [1.165, 1.54) is 11.1 Å². The van der Waals surface area contributed by atoms with Crippen molar-refractivity contribution in [1.29, 1.82) is 0 Å². The predicted octanol–water partition coefficient (Wildman–Crippen LogP) is 4.78. The van der Waals surface area contributed by atoms with Gasteiger partial charge < -0.3 is 0 Å². The average molecular weight is 396 g/mol. The Labute approximate surface area is 93.6 Å². The summed E-state index contributed by atoms with van der Waals surface area (Å²) in [6.45, 7) is 0. The molecule has 0 unspecified atom stereocenters. The Balaban J connectivity index is 2.89. The standard InChI is InChI=1S/C6H4Br4/c7-5(8)3-1-2-4(3)6(9)10/h1-2H2. The molecule has 0 spiro atoms. The third-order valence-electron chi connectivity index (χ3n) is 1.45. The van der Waals surface area contributed by atoms with Crippen molar-refractivity contribution in [1.82, 2.24) is 0 Å². The topological polar surface area (TPSA) is 0 Å². The minimum atomic E-state index is 1.07. The molecule has 56 valence electrons. The van der Waals surface area contributed by atoms with Crippen LogP contribution in [-0.2, 0) is 0 Å². The van der Waals surface area contributed by atoms with Gasteiger partial charge in [0.2, 0.25) is 0 Å². The molecule has 1 aliphatic carbocycles. The third kappa shape index (κ3) is 1.96. The zero-order chi connectivity index (χ0) is 7.72. The smallest absolute Gasteiger partial charge is 0.0423 e. The number of hydrogen-bond acceptors (Lipinski definition) is 0. The molecule has 0 nitrogen and oxygen atoms in total. The molecule has 0 heterocycles. The first-order valence-corrected chi connectivity index (χ1v) is 5.89. The van der Waals surface area contributed by atoms with Gasteiger partial charge in [-0.1, -0.05) is 0 Å². The van der Waals surface area contributed by atoms with Gasteiger partial charge in [-0.2, -0.15) is 0 Å². The van der Waals surface area contributed by atoms with Crippen LogP contribution >= 0.6 is 63.7 Å². The highest BCUT2D eigenvalue weighted by Gasteiger charge is 2.20. The van der Waals surface area contributed by atoms with Gasteiger partial charge in [-0.05, 0) is 87.7 Å². The van der Waals surface area contributed by atoms with Crippen LogP contribution in [0.5, 0.6) is 0 Å². The second-order valence-corrected chi connectivity index (χ2v) is 7.28. The van der Waals surface area contributed by atoms with Gasteiger partial charge in [-0.15, -0.1) is 0 Å². The Hall–Kier alpha value is 1.40. The van der Waals surface area contributed by atoms with Gasteiger partial charge in [-0.3, -0.25) is 0 Å². The van der Waals surface area contributed by atoms with Crippen molar-refractivity contribution in [2.24, 2.45) is 0 Å². The Bertz CT molecular complexity index is 182. The van der Waals surface area contributed by atoms with Gasteiger partial charge >= 0.3 is 0 Å². The van der Waals surface area contributed by atoms with E-state index in [-0.39, 0.29) is 0 Å². The van der Waals surface area contributed by atoms with E-state index in [0.717, 1.165) is 19.6 Å². The molecule has 0 radical (unpaired) electrons. The fraction of sp³-hybridized carbons (Fsp3) is 0.333. The van der Waals surface area contributed by atoms with Crippen LogP contribution in [0.2, 0.25) is 0 Å². The summed E-state index contributed by atoms with van der Waals surface area (Å²) >= 11 is 13.5. The summed E-state index contributed by atoms with van der Waals surface area (Å²) in [5.41, 5.74) is 2.70. The minimum absolute atomic E-state index is 1.07. The van der Waals surface area contributed by atoms with Crippen LogP contribution in [0.4, 0.5) is 0 Å². The predicted molar refractivity (Wildman–Crippen MR) is 59.0 cm³/mol. The molecule has 0 aromatic rings. The Morgan fingerprint density at radius 1 is 0.800 bits per heavy atom. The lowest BCUT2D eigenvalue weighted by Crippen LogP contribution is -2.03. The molecule has 1 rings (SSSR count). The number of allylic oxidation sites excluding steroid dienone is 2. The molecule has 0 aromatic carbocycles. The van der Waals surface area contributed by atoms with Crippen LogP contribution < -0.4 is 0 Å². The molecule has 4 heteroatoms. The quantitative estimate of drug-likeness (QED) is 0.553. The van der Waals surface area contributed by atoms with Gasteiger partial charge in [0.25, 0.3) is 0 Å². The molecule has 1 fully saturated rings. The van der Waals surface area contributed by atoms with E-state index in [1.54, 1.807) is 0 Å². The first-order valence-electron chi connectivity index (χ1n) is 2.71. The summed E-state index contributed by atoms with van der Waals surface area (Å²) < 4.78 is 2.13. The largest absolute Gasteiger partial charge is 0.0639 e. The zero-order valence-electron chi connectivity index (χ0n) is 4.93. The van der Waals surface area contributed by atoms with Crippen LogP contribution in [0.25, 0.3) is 0 Å². The lowest BCUT2D eigenvalue weighted by atomic mass is 9.89. The molecular weight excluding hydrogens is 392 g/mol. The van der Waals surface area contributed by atoms with Crippen molar-refractivity contribution in [2.75, 3.05) is 0 Å². The Morgan fingerprint density at radius 3 is 1.20 bits per heavy atom. The van der Waals surface area contributed by atoms with Crippen LogP contribution in [0.1, 0.15) is 12.8 Å². The average Bonchev–Trinajstić information content (AvgIpc) is 1.56. The molecule has 0 atom stereocenters. The molecule has 1 aliphatic rings. The number of rotatable bonds is 0. The second-order valence-electron chi connectivity index (χ2n) is 1.98. The molecule has 0 aromatic heterocycles. The Kier molecular flexibility index (Phi) is 3.68. The van der Waals surface area contributed by atoms with E-state index >= 15 is 0 Å². The normalized spacial score (nSPS) is 16.8. The molecule has 0 N–H and O–H groups in total. The summed E-state index contributed by atoms with van der Waals surface area (Å²) in [4.78, 5) is 0. The van der Waals surface area contributed by atoms with Crippen molar-refractivity contribution in [3.8, 4) is 0 Å². The highest BCUT2D eigenvalue weighted by molar-refractivity contribution is 9.28. The van der Waals surface area contributed by atoms with Crippen LogP contribution in [-0.4, -0.2) is 0 Å². The molecular formula is C6H4Br4. The van der Waals surface area contributed by atoms with Gasteiger partial charge in [-0.25, -0.2) is 0 Å². The van der Waals surface area contributed by atoms with Crippen molar-refractivity contribution in [3.63, 3.8) is 0 Å². The van der Waals surface area contributed by atoms with E-state index in [9.17, 15) is 0 Å². The maximum absolute atomic E-state index is 3.38. The first kappa shape index (κ1) is 9.49. The SMILES string of the molecule is BrC(Br)=C1CCC1=C(Br)Br. The lowest BCUT2D eigenvalue weighted by molar-refractivity contribution is 0.829. The highest BCUT2D eigenvalue weighted by Crippen LogP contribution is 2.43. The van der Waals surface area contributed by atoms with Gasteiger partial charge in [0, 0.05) is 0 Å². The maximum atomic E-state index is 3.38. The van der Waals surface area contributed by atoms with Crippen molar-refractivity contribution in [3.05, 3.63) is 17.9 Å². The number of hydrogen-bond donors (Lipinski definition) is 0. The van der Waals surface area contributed by atoms with E-state index in [1.807, 2.05) is 0 Å². The molecule has 0 bridgehead atoms. The molecule has 10 heavy (non-hydrogen) atoms. The van der Waals surface area contributed by atoms with E-state index in [0.29, 0.717) is 0 Å². The monoisotopic (exact) mass is 392 g/mol. The fourth-order valence-electron chi connectivity index (χ4n) is 0.792. The summed E-state index contributed by atoms with van der Waals surface area (Å²) in [5.74, 6) is 0. The van der Waals surface area contributed by atoms with Crippen LogP contribution in [0, 0.1) is 0 Å². The summed E-state index contributed by atoms with van der Waals surface area (Å²) in [7, 11) is 0. The maximum Gasteiger partial charge on any atom is 0.0639 e. The second kappa shape index (κ2) is 3.87. The van der Waals surface area contributed by atoms with E-state index in [4.69, 9.17) is 0 Å². The van der Waals surface area contributed by atoms with E-state index in [2.05, 4.69) is 63.7 Å². The van der Waals surface area contributed by atoms with Crippen molar-refractivity contribution >= 4 is 63.7 Å². The summed E-state index contributed by atoms with van der Waals surface area (Å²) in [5, 5.41) is 0. The zero-order valence-corrected chi connectivity index (χ0v) is 11.3. The van der Waals surface area contributed by atoms with Gasteiger partial charge in [0.1, 0.15) is 0 Å². The van der Waals surface area contributed by atoms with Crippen molar-refractivity contribution in [2.45, 2.75) is 12.8 Å². The third-order valence-corrected chi connectivity index (χ3v) is 3.36. The molecule has 0 saturated heterocycles. The van der Waals surface area contributed by atoms with Crippen LogP contribution in [0.3, 0.4) is 0 Å². The minimum Gasteiger partial charge on any atom is -0.0423 e. The lowest BCUT2D eigenvalue weighted by Gasteiger charge is -2.22. The fourth-order valence-corrected chi connectivity index (χ4v) is 2.54. The highest BCUT2D eigenvalue weighted by atomic mass is 79.9. The van der Waals surface area contributed by atoms with Gasteiger partial charge in [0.15, 0.2) is 0 Å². The molecule has 0 amide bonds.